The van der Waals surface area contributed by atoms with Crippen LogP contribution >= 0.6 is 0 Å². The highest BCUT2D eigenvalue weighted by Crippen LogP contribution is 2.37. The molecule has 0 radical (unpaired) electrons. The Kier molecular flexibility index (Phi) is 4.85. The molecule has 130 valence electrons. The van der Waals surface area contributed by atoms with Gasteiger partial charge in [-0.1, -0.05) is 24.3 Å². The molecule has 0 aromatic heterocycles. The lowest BCUT2D eigenvalue weighted by atomic mass is 10.1. The molecule has 2 aromatic carbocycles. The van der Waals surface area contributed by atoms with Crippen molar-refractivity contribution in [2.24, 2.45) is 0 Å². The highest BCUT2D eigenvalue weighted by molar-refractivity contribution is 7.85. The topological polar surface area (TPSA) is 81.7 Å². The maximum atomic E-state index is 13.2. The Labute approximate surface area is 147 Å². The second kappa shape index (κ2) is 7.06. The van der Waals surface area contributed by atoms with Crippen LogP contribution in [0.2, 0.25) is 0 Å². The molecule has 3 rings (SSSR count). The highest BCUT2D eigenvalue weighted by atomic mass is 32.2. The van der Waals surface area contributed by atoms with Crippen LogP contribution in [-0.2, 0) is 25.1 Å². The molecule has 6 nitrogen and oxygen atoms in total. The maximum absolute atomic E-state index is 13.2. The van der Waals surface area contributed by atoms with Crippen molar-refractivity contribution in [1.82, 2.24) is 0 Å². The molecule has 1 aliphatic heterocycles. The van der Waals surface area contributed by atoms with Gasteiger partial charge in [-0.3, -0.25) is 13.8 Å². The van der Waals surface area contributed by atoms with E-state index >= 15 is 0 Å². The van der Waals surface area contributed by atoms with Gasteiger partial charge in [-0.2, -0.15) is 0 Å². The average molecular weight is 359 g/mol. The van der Waals surface area contributed by atoms with Gasteiger partial charge in [-0.15, -0.1) is 0 Å². The van der Waals surface area contributed by atoms with E-state index in [1.54, 1.807) is 55.6 Å². The summed E-state index contributed by atoms with van der Waals surface area (Å²) < 4.78 is 23.6. The average Bonchev–Trinajstić information content (AvgIpc) is 2.70. The first-order valence-electron chi connectivity index (χ1n) is 7.63. The zero-order valence-corrected chi connectivity index (χ0v) is 14.5. The van der Waals surface area contributed by atoms with Crippen molar-refractivity contribution in [3.63, 3.8) is 0 Å². The number of carbonyl (C=O) groups is 2. The molecule has 0 spiro atoms. The van der Waals surface area contributed by atoms with Crippen LogP contribution in [0.4, 0.5) is 5.69 Å². The van der Waals surface area contributed by atoms with E-state index in [1.807, 2.05) is 0 Å². The summed E-state index contributed by atoms with van der Waals surface area (Å²) >= 11 is 0. The summed E-state index contributed by atoms with van der Waals surface area (Å²) in [6.07, 6.45) is -1.20. The number of carbonyl (C=O) groups excluding carboxylic acids is 2. The number of amides is 1. The molecular weight excluding hydrogens is 342 g/mol. The first-order valence-corrected chi connectivity index (χ1v) is 8.84. The molecule has 1 unspecified atom stereocenters. The highest BCUT2D eigenvalue weighted by Gasteiger charge is 2.41. The van der Waals surface area contributed by atoms with E-state index in [9.17, 15) is 13.8 Å². The molecule has 0 fully saturated rings. The molecule has 0 saturated heterocycles. The second-order valence-electron chi connectivity index (χ2n) is 5.51. The Morgan fingerprint density at radius 1 is 1.12 bits per heavy atom. The van der Waals surface area contributed by atoms with Crippen molar-refractivity contribution in [2.45, 2.75) is 23.2 Å². The largest absolute Gasteiger partial charge is 0.497 e. The normalized spacial score (nSPS) is 22.3. The third kappa shape index (κ3) is 3.41. The SMILES string of the molecule is COc1ccc([C@H]2[C@H](OC(C)=O)C(=O)Nc3ccccc3S2=O)cc1. The quantitative estimate of drug-likeness (QED) is 0.851. The molecule has 1 heterocycles. The number of hydrogen-bond donors (Lipinski definition) is 1. The van der Waals surface area contributed by atoms with Gasteiger partial charge in [0, 0.05) is 6.92 Å². The number of esters is 1. The van der Waals surface area contributed by atoms with E-state index < -0.39 is 34.0 Å². The molecule has 3 atom stereocenters. The maximum Gasteiger partial charge on any atom is 0.303 e. The fourth-order valence-corrected chi connectivity index (χ4v) is 4.35. The van der Waals surface area contributed by atoms with Crippen LogP contribution in [0.5, 0.6) is 5.75 Å². The van der Waals surface area contributed by atoms with Gasteiger partial charge in [-0.05, 0) is 29.8 Å². The second-order valence-corrected chi connectivity index (χ2v) is 7.05. The summed E-state index contributed by atoms with van der Waals surface area (Å²) in [5.41, 5.74) is 1.08. The number of nitrogens with one attached hydrogen (secondary N) is 1. The van der Waals surface area contributed by atoms with Crippen LogP contribution in [0, 0.1) is 0 Å². The molecule has 2 aromatic rings. The summed E-state index contributed by atoms with van der Waals surface area (Å²) in [6, 6.07) is 13.7. The van der Waals surface area contributed by atoms with Crippen molar-refractivity contribution in [3.8, 4) is 5.75 Å². The van der Waals surface area contributed by atoms with Crippen LogP contribution in [-0.4, -0.2) is 29.3 Å². The first-order chi connectivity index (χ1) is 12.0. The Hall–Kier alpha value is -2.67. The molecular formula is C18H17NO5S. The van der Waals surface area contributed by atoms with Crippen LogP contribution in [0.25, 0.3) is 0 Å². The minimum absolute atomic E-state index is 0.457. The van der Waals surface area contributed by atoms with Gasteiger partial charge in [0.15, 0.2) is 6.10 Å². The summed E-state index contributed by atoms with van der Waals surface area (Å²) in [5, 5.41) is 1.88. The van der Waals surface area contributed by atoms with Crippen molar-refractivity contribution >= 4 is 28.4 Å². The summed E-state index contributed by atoms with van der Waals surface area (Å²) in [6.45, 7) is 1.22. The molecule has 1 N–H and O–H groups in total. The zero-order chi connectivity index (χ0) is 18.0. The number of methoxy groups -OCH3 is 1. The predicted molar refractivity (Wildman–Crippen MR) is 92.8 cm³/mol. The number of rotatable bonds is 3. The van der Waals surface area contributed by atoms with Crippen molar-refractivity contribution in [2.75, 3.05) is 12.4 Å². The summed E-state index contributed by atoms with van der Waals surface area (Å²) in [7, 11) is -0.0526. The predicted octanol–water partition coefficient (Wildman–Crippen LogP) is 2.43. The van der Waals surface area contributed by atoms with Gasteiger partial charge in [0.2, 0.25) is 0 Å². The molecule has 25 heavy (non-hydrogen) atoms. The van der Waals surface area contributed by atoms with E-state index in [1.165, 1.54) is 6.92 Å². The number of fused-ring (bicyclic) bond motifs is 1. The summed E-state index contributed by atoms with van der Waals surface area (Å²) in [5.74, 6) is -0.479. The van der Waals surface area contributed by atoms with Gasteiger partial charge in [0.05, 0.1) is 28.5 Å². The fraction of sp³-hybridized carbons (Fsp3) is 0.222. The molecule has 7 heteroatoms. The Morgan fingerprint density at radius 2 is 1.80 bits per heavy atom. The van der Waals surface area contributed by atoms with Crippen LogP contribution in [0.1, 0.15) is 17.7 Å². The summed E-state index contributed by atoms with van der Waals surface area (Å²) in [4.78, 5) is 24.6. The van der Waals surface area contributed by atoms with Crippen LogP contribution in [0.15, 0.2) is 53.4 Å². The van der Waals surface area contributed by atoms with Crippen molar-refractivity contribution in [1.29, 1.82) is 0 Å². The number of anilines is 1. The zero-order valence-electron chi connectivity index (χ0n) is 13.7. The number of benzene rings is 2. The minimum atomic E-state index is -1.60. The van der Waals surface area contributed by atoms with Crippen molar-refractivity contribution in [3.05, 3.63) is 54.1 Å². The molecule has 1 aliphatic rings. The molecule has 0 saturated carbocycles. The third-order valence-corrected chi connectivity index (χ3v) is 5.63. The Morgan fingerprint density at radius 3 is 2.44 bits per heavy atom. The fourth-order valence-electron chi connectivity index (χ4n) is 2.72. The monoisotopic (exact) mass is 359 g/mol. The third-order valence-electron chi connectivity index (χ3n) is 3.86. The van der Waals surface area contributed by atoms with Gasteiger partial charge >= 0.3 is 5.97 Å². The Bertz CT molecular complexity index is 834. The number of hydrogen-bond acceptors (Lipinski definition) is 5. The van der Waals surface area contributed by atoms with E-state index in [2.05, 4.69) is 5.32 Å². The van der Waals surface area contributed by atoms with Gasteiger partial charge in [-0.25, -0.2) is 0 Å². The molecule has 1 amide bonds. The van der Waals surface area contributed by atoms with Crippen molar-refractivity contribution < 1.29 is 23.3 Å². The lowest BCUT2D eigenvalue weighted by Crippen LogP contribution is -2.36. The van der Waals surface area contributed by atoms with Crippen LogP contribution < -0.4 is 10.1 Å². The first kappa shape index (κ1) is 17.2. The lowest BCUT2D eigenvalue weighted by molar-refractivity contribution is -0.152. The van der Waals surface area contributed by atoms with Crippen LogP contribution in [0.3, 0.4) is 0 Å². The van der Waals surface area contributed by atoms with Gasteiger partial charge in [0.1, 0.15) is 11.0 Å². The van der Waals surface area contributed by atoms with E-state index in [0.717, 1.165) is 0 Å². The van der Waals surface area contributed by atoms with E-state index in [-0.39, 0.29) is 0 Å². The number of para-hydroxylation sites is 1. The Balaban J connectivity index is 2.12. The molecule has 0 aliphatic carbocycles. The smallest absolute Gasteiger partial charge is 0.303 e. The number of ether oxygens (including phenoxy) is 2. The molecule has 0 bridgehead atoms. The van der Waals surface area contributed by atoms with E-state index in [4.69, 9.17) is 9.47 Å². The lowest BCUT2D eigenvalue weighted by Gasteiger charge is -2.23. The minimum Gasteiger partial charge on any atom is -0.497 e. The van der Waals surface area contributed by atoms with E-state index in [0.29, 0.717) is 21.9 Å². The standard InChI is InChI=1S/C18H17NO5S/c1-11(20)24-16-17(12-7-9-13(23-2)10-8-12)25(22)15-6-4-3-5-14(15)19-18(16)21/h3-10,16-17H,1-2H3,(H,19,21)/t16-,17-,25?/m0/s1. The van der Waals surface area contributed by atoms with Gasteiger partial charge in [0.25, 0.3) is 5.91 Å². The van der Waals surface area contributed by atoms with Gasteiger partial charge < -0.3 is 14.8 Å².